The average Bonchev–Trinajstić information content (AvgIpc) is 2.01. The Kier molecular flexibility index (Phi) is 3.64. The molecule has 2 atom stereocenters. The Bertz CT molecular complexity index is 120. The SMILES string of the molecule is C=CCC[C@H]1CCC[C@@H](O)C1. The van der Waals surface area contributed by atoms with Gasteiger partial charge >= 0.3 is 0 Å². The molecule has 0 unspecified atom stereocenters. The van der Waals surface area contributed by atoms with Crippen molar-refractivity contribution in [3.63, 3.8) is 0 Å². The first-order chi connectivity index (χ1) is 5.33. The van der Waals surface area contributed by atoms with Gasteiger partial charge in [0.2, 0.25) is 0 Å². The van der Waals surface area contributed by atoms with Crippen molar-refractivity contribution in [1.82, 2.24) is 0 Å². The molecule has 0 aliphatic heterocycles. The number of hydrogen-bond acceptors (Lipinski definition) is 1. The van der Waals surface area contributed by atoms with E-state index in [-0.39, 0.29) is 6.10 Å². The van der Waals surface area contributed by atoms with Crippen LogP contribution in [-0.4, -0.2) is 11.2 Å². The Morgan fingerprint density at radius 3 is 2.91 bits per heavy atom. The van der Waals surface area contributed by atoms with Crippen LogP contribution < -0.4 is 0 Å². The fourth-order valence-corrected chi connectivity index (χ4v) is 1.88. The Balaban J connectivity index is 2.17. The van der Waals surface area contributed by atoms with E-state index in [1.165, 1.54) is 19.3 Å². The topological polar surface area (TPSA) is 20.2 Å². The van der Waals surface area contributed by atoms with E-state index in [2.05, 4.69) is 6.58 Å². The summed E-state index contributed by atoms with van der Waals surface area (Å²) >= 11 is 0. The lowest BCUT2D eigenvalue weighted by Gasteiger charge is -2.25. The molecule has 0 bridgehead atoms. The van der Waals surface area contributed by atoms with Crippen molar-refractivity contribution in [2.24, 2.45) is 5.92 Å². The number of rotatable bonds is 3. The van der Waals surface area contributed by atoms with E-state index in [4.69, 9.17) is 0 Å². The molecular weight excluding hydrogens is 136 g/mol. The normalized spacial score (nSPS) is 31.7. The van der Waals surface area contributed by atoms with E-state index in [0.717, 1.165) is 25.2 Å². The molecular formula is C10H18O. The molecule has 1 heteroatoms. The third kappa shape index (κ3) is 3.06. The molecule has 1 rings (SSSR count). The van der Waals surface area contributed by atoms with E-state index in [1.54, 1.807) is 0 Å². The summed E-state index contributed by atoms with van der Waals surface area (Å²) in [5.41, 5.74) is 0. The summed E-state index contributed by atoms with van der Waals surface area (Å²) in [7, 11) is 0. The highest BCUT2D eigenvalue weighted by molar-refractivity contribution is 4.75. The first kappa shape index (κ1) is 8.79. The zero-order chi connectivity index (χ0) is 8.10. The van der Waals surface area contributed by atoms with Crippen molar-refractivity contribution in [1.29, 1.82) is 0 Å². The highest BCUT2D eigenvalue weighted by Crippen LogP contribution is 2.27. The summed E-state index contributed by atoms with van der Waals surface area (Å²) in [6.07, 6.45) is 8.85. The standard InChI is InChI=1S/C10H18O/c1-2-3-5-9-6-4-7-10(11)8-9/h2,9-11H,1,3-8H2/t9-,10+/m0/s1. The number of hydrogen-bond donors (Lipinski definition) is 1. The van der Waals surface area contributed by atoms with Gasteiger partial charge in [0.25, 0.3) is 0 Å². The monoisotopic (exact) mass is 154 g/mol. The quantitative estimate of drug-likeness (QED) is 0.619. The molecule has 1 nitrogen and oxygen atoms in total. The molecule has 0 spiro atoms. The van der Waals surface area contributed by atoms with Crippen LogP contribution in [0.4, 0.5) is 0 Å². The van der Waals surface area contributed by atoms with Crippen LogP contribution in [0.1, 0.15) is 38.5 Å². The van der Waals surface area contributed by atoms with Crippen molar-refractivity contribution >= 4 is 0 Å². The highest BCUT2D eigenvalue weighted by atomic mass is 16.3. The summed E-state index contributed by atoms with van der Waals surface area (Å²) in [5.74, 6) is 0.761. The largest absolute Gasteiger partial charge is 0.393 e. The van der Waals surface area contributed by atoms with Crippen LogP contribution in [0.2, 0.25) is 0 Å². The Hall–Kier alpha value is -0.300. The second-order valence-corrected chi connectivity index (χ2v) is 3.55. The lowest BCUT2D eigenvalue weighted by atomic mass is 9.84. The van der Waals surface area contributed by atoms with E-state index in [9.17, 15) is 5.11 Å². The number of aliphatic hydroxyl groups excluding tert-OH is 1. The summed E-state index contributed by atoms with van der Waals surface area (Å²) in [5, 5.41) is 9.35. The minimum atomic E-state index is -0.0152. The molecule has 0 radical (unpaired) electrons. The summed E-state index contributed by atoms with van der Waals surface area (Å²) in [6.45, 7) is 3.70. The third-order valence-corrected chi connectivity index (χ3v) is 2.53. The van der Waals surface area contributed by atoms with E-state index < -0.39 is 0 Å². The zero-order valence-electron chi connectivity index (χ0n) is 7.13. The van der Waals surface area contributed by atoms with Crippen LogP contribution >= 0.6 is 0 Å². The average molecular weight is 154 g/mol. The van der Waals surface area contributed by atoms with Crippen LogP contribution in [0.3, 0.4) is 0 Å². The van der Waals surface area contributed by atoms with Gasteiger partial charge in [0.05, 0.1) is 6.10 Å². The molecule has 64 valence electrons. The van der Waals surface area contributed by atoms with Gasteiger partial charge in [-0.05, 0) is 31.6 Å². The van der Waals surface area contributed by atoms with Gasteiger partial charge in [-0.3, -0.25) is 0 Å². The maximum absolute atomic E-state index is 9.35. The van der Waals surface area contributed by atoms with Crippen LogP contribution in [0.5, 0.6) is 0 Å². The van der Waals surface area contributed by atoms with Crippen molar-refractivity contribution in [2.75, 3.05) is 0 Å². The highest BCUT2D eigenvalue weighted by Gasteiger charge is 2.18. The van der Waals surface area contributed by atoms with E-state index in [1.807, 2.05) is 6.08 Å². The fraction of sp³-hybridized carbons (Fsp3) is 0.800. The Morgan fingerprint density at radius 2 is 2.27 bits per heavy atom. The van der Waals surface area contributed by atoms with Crippen molar-refractivity contribution < 1.29 is 5.11 Å². The summed E-state index contributed by atoms with van der Waals surface area (Å²) < 4.78 is 0. The van der Waals surface area contributed by atoms with Gasteiger partial charge in [-0.15, -0.1) is 6.58 Å². The lowest BCUT2D eigenvalue weighted by Crippen LogP contribution is -2.19. The molecule has 0 aromatic rings. The first-order valence-corrected chi connectivity index (χ1v) is 4.62. The van der Waals surface area contributed by atoms with Gasteiger partial charge < -0.3 is 5.11 Å². The molecule has 1 aliphatic rings. The minimum absolute atomic E-state index is 0.0152. The smallest absolute Gasteiger partial charge is 0.0542 e. The molecule has 0 heterocycles. The Labute approximate surface area is 69.1 Å². The van der Waals surface area contributed by atoms with Crippen LogP contribution in [0.25, 0.3) is 0 Å². The van der Waals surface area contributed by atoms with Gasteiger partial charge in [0.15, 0.2) is 0 Å². The molecule has 0 aromatic carbocycles. The van der Waals surface area contributed by atoms with Crippen molar-refractivity contribution in [3.05, 3.63) is 12.7 Å². The summed E-state index contributed by atoms with van der Waals surface area (Å²) in [6, 6.07) is 0. The third-order valence-electron chi connectivity index (χ3n) is 2.53. The molecule has 1 aliphatic carbocycles. The molecule has 1 fully saturated rings. The van der Waals surface area contributed by atoms with Gasteiger partial charge in [-0.1, -0.05) is 18.9 Å². The van der Waals surface area contributed by atoms with Crippen molar-refractivity contribution in [2.45, 2.75) is 44.6 Å². The van der Waals surface area contributed by atoms with Gasteiger partial charge in [-0.2, -0.15) is 0 Å². The number of allylic oxidation sites excluding steroid dienone is 1. The second kappa shape index (κ2) is 4.55. The van der Waals surface area contributed by atoms with Gasteiger partial charge in [-0.25, -0.2) is 0 Å². The van der Waals surface area contributed by atoms with Gasteiger partial charge in [0, 0.05) is 0 Å². The zero-order valence-corrected chi connectivity index (χ0v) is 7.13. The lowest BCUT2D eigenvalue weighted by molar-refractivity contribution is 0.0986. The predicted octanol–water partition coefficient (Wildman–Crippen LogP) is 2.50. The van der Waals surface area contributed by atoms with E-state index >= 15 is 0 Å². The molecule has 0 aromatic heterocycles. The molecule has 1 N–H and O–H groups in total. The first-order valence-electron chi connectivity index (χ1n) is 4.62. The predicted molar refractivity (Wildman–Crippen MR) is 47.4 cm³/mol. The number of aliphatic hydroxyl groups is 1. The van der Waals surface area contributed by atoms with E-state index in [0.29, 0.717) is 0 Å². The van der Waals surface area contributed by atoms with Crippen LogP contribution in [0, 0.1) is 5.92 Å². The minimum Gasteiger partial charge on any atom is -0.393 e. The van der Waals surface area contributed by atoms with Crippen LogP contribution in [0.15, 0.2) is 12.7 Å². The molecule has 0 amide bonds. The maximum Gasteiger partial charge on any atom is 0.0542 e. The Morgan fingerprint density at radius 1 is 1.45 bits per heavy atom. The molecule has 1 saturated carbocycles. The van der Waals surface area contributed by atoms with Crippen molar-refractivity contribution in [3.8, 4) is 0 Å². The fourth-order valence-electron chi connectivity index (χ4n) is 1.88. The second-order valence-electron chi connectivity index (χ2n) is 3.55. The molecule has 0 saturated heterocycles. The summed E-state index contributed by atoms with van der Waals surface area (Å²) in [4.78, 5) is 0. The van der Waals surface area contributed by atoms with Crippen LogP contribution in [-0.2, 0) is 0 Å². The molecule has 11 heavy (non-hydrogen) atoms. The maximum atomic E-state index is 9.35. The van der Waals surface area contributed by atoms with Gasteiger partial charge in [0.1, 0.15) is 0 Å².